The summed E-state index contributed by atoms with van der Waals surface area (Å²) in [4.78, 5) is 0. The van der Waals surface area contributed by atoms with E-state index >= 15 is 0 Å². The highest BCUT2D eigenvalue weighted by Gasteiger charge is 2.19. The third kappa shape index (κ3) is 3.21. The molecule has 0 aliphatic carbocycles. The first-order valence-electron chi connectivity index (χ1n) is 4.52. The summed E-state index contributed by atoms with van der Waals surface area (Å²) in [6, 6.07) is 1.16. The van der Waals surface area contributed by atoms with Gasteiger partial charge in [-0.3, -0.25) is 0 Å². The maximum atomic E-state index is 5.43. The fraction of sp³-hybridized carbons (Fsp3) is 1.00. The van der Waals surface area contributed by atoms with Gasteiger partial charge in [0.05, 0.1) is 6.61 Å². The van der Waals surface area contributed by atoms with Crippen molar-refractivity contribution in [3.05, 3.63) is 0 Å². The Morgan fingerprint density at radius 2 is 2.09 bits per heavy atom. The maximum Gasteiger partial charge on any atom is 0.0619 e. The van der Waals surface area contributed by atoms with Gasteiger partial charge < -0.3 is 10.1 Å². The maximum absolute atomic E-state index is 5.43. The van der Waals surface area contributed by atoms with Crippen molar-refractivity contribution in [2.45, 2.75) is 39.3 Å². The van der Waals surface area contributed by atoms with Crippen molar-refractivity contribution >= 4 is 0 Å². The van der Waals surface area contributed by atoms with Gasteiger partial charge in [-0.05, 0) is 12.3 Å². The van der Waals surface area contributed by atoms with Crippen LogP contribution in [-0.2, 0) is 4.74 Å². The van der Waals surface area contributed by atoms with Crippen molar-refractivity contribution in [1.82, 2.24) is 5.32 Å². The molecule has 1 N–H and O–H groups in total. The van der Waals surface area contributed by atoms with Crippen LogP contribution >= 0.6 is 0 Å². The van der Waals surface area contributed by atoms with Crippen LogP contribution in [0.15, 0.2) is 0 Å². The summed E-state index contributed by atoms with van der Waals surface area (Å²) in [5.74, 6) is 0.722. The molecule has 2 atom stereocenters. The Bertz CT molecular complexity index is 112. The predicted molar refractivity (Wildman–Crippen MR) is 46.7 cm³/mol. The molecular weight excluding hydrogens is 138 g/mol. The minimum atomic E-state index is 0.578. The lowest BCUT2D eigenvalue weighted by Crippen LogP contribution is -2.42. The summed E-state index contributed by atoms with van der Waals surface area (Å²) in [6.45, 7) is 8.44. The van der Waals surface area contributed by atoms with Gasteiger partial charge in [-0.15, -0.1) is 0 Å². The molecule has 0 radical (unpaired) electrons. The Kier molecular flexibility index (Phi) is 3.34. The second-order valence-electron chi connectivity index (χ2n) is 3.90. The summed E-state index contributed by atoms with van der Waals surface area (Å²) in [5, 5.41) is 3.49. The van der Waals surface area contributed by atoms with Gasteiger partial charge in [0.25, 0.3) is 0 Å². The number of hydrogen-bond donors (Lipinski definition) is 1. The van der Waals surface area contributed by atoms with Gasteiger partial charge in [0.15, 0.2) is 0 Å². The summed E-state index contributed by atoms with van der Waals surface area (Å²) in [5.41, 5.74) is 0. The van der Waals surface area contributed by atoms with E-state index < -0.39 is 0 Å². The van der Waals surface area contributed by atoms with E-state index in [-0.39, 0.29) is 0 Å². The lowest BCUT2D eigenvalue weighted by molar-refractivity contribution is 0.0346. The molecule has 0 aromatic heterocycles. The molecule has 0 amide bonds. The molecule has 0 bridgehead atoms. The molecule has 1 saturated heterocycles. The molecule has 1 rings (SSSR count). The summed E-state index contributed by atoms with van der Waals surface area (Å²) in [6.07, 6.45) is 1.26. The Morgan fingerprint density at radius 1 is 1.36 bits per heavy atom. The molecule has 1 heterocycles. The number of rotatable bonds is 2. The first kappa shape index (κ1) is 9.01. The van der Waals surface area contributed by atoms with Gasteiger partial charge in [0.1, 0.15) is 0 Å². The number of ether oxygens (including phenoxy) is 1. The molecule has 11 heavy (non-hydrogen) atoms. The summed E-state index contributed by atoms with van der Waals surface area (Å²) < 4.78 is 5.43. The average Bonchev–Trinajstić information content (AvgIpc) is 1.85. The Balaban J connectivity index is 2.23. The topological polar surface area (TPSA) is 21.3 Å². The third-order valence-corrected chi connectivity index (χ3v) is 1.98. The van der Waals surface area contributed by atoms with Crippen molar-refractivity contribution < 1.29 is 4.74 Å². The smallest absolute Gasteiger partial charge is 0.0619 e. The van der Waals surface area contributed by atoms with E-state index in [0.717, 1.165) is 19.1 Å². The van der Waals surface area contributed by atoms with E-state index in [0.29, 0.717) is 12.1 Å². The second kappa shape index (κ2) is 4.07. The van der Waals surface area contributed by atoms with Crippen LogP contribution in [0.5, 0.6) is 0 Å². The fourth-order valence-corrected chi connectivity index (χ4v) is 1.62. The third-order valence-electron chi connectivity index (χ3n) is 1.98. The highest BCUT2D eigenvalue weighted by molar-refractivity contribution is 4.75. The van der Waals surface area contributed by atoms with Gasteiger partial charge in [0.2, 0.25) is 0 Å². The van der Waals surface area contributed by atoms with Gasteiger partial charge in [-0.25, -0.2) is 0 Å². The molecule has 2 nitrogen and oxygen atoms in total. The van der Waals surface area contributed by atoms with Crippen LogP contribution in [0.1, 0.15) is 27.2 Å². The standard InChI is InChI=1S/C9H19NO/c1-7(2)10-9-4-8(3)5-11-6-9/h7-10H,4-6H2,1-3H3. The van der Waals surface area contributed by atoms with Crippen molar-refractivity contribution in [1.29, 1.82) is 0 Å². The summed E-state index contributed by atoms with van der Waals surface area (Å²) >= 11 is 0. The molecule has 2 unspecified atom stereocenters. The highest BCUT2D eigenvalue weighted by atomic mass is 16.5. The van der Waals surface area contributed by atoms with E-state index in [1.165, 1.54) is 6.42 Å². The molecule has 66 valence electrons. The molecule has 0 saturated carbocycles. The van der Waals surface area contributed by atoms with E-state index in [2.05, 4.69) is 26.1 Å². The zero-order valence-electron chi connectivity index (χ0n) is 7.76. The van der Waals surface area contributed by atoms with Crippen LogP contribution in [0.2, 0.25) is 0 Å². The van der Waals surface area contributed by atoms with Gasteiger partial charge >= 0.3 is 0 Å². The normalized spacial score (nSPS) is 32.7. The van der Waals surface area contributed by atoms with E-state index in [1.54, 1.807) is 0 Å². The van der Waals surface area contributed by atoms with E-state index in [9.17, 15) is 0 Å². The Labute approximate surface area is 69.3 Å². The van der Waals surface area contributed by atoms with Gasteiger partial charge in [-0.1, -0.05) is 20.8 Å². The first-order valence-corrected chi connectivity index (χ1v) is 4.52. The van der Waals surface area contributed by atoms with Gasteiger partial charge in [-0.2, -0.15) is 0 Å². The average molecular weight is 157 g/mol. The monoisotopic (exact) mass is 157 g/mol. The van der Waals surface area contributed by atoms with Crippen molar-refractivity contribution in [2.75, 3.05) is 13.2 Å². The lowest BCUT2D eigenvalue weighted by Gasteiger charge is -2.29. The van der Waals surface area contributed by atoms with Crippen LogP contribution in [-0.4, -0.2) is 25.3 Å². The van der Waals surface area contributed by atoms with Crippen LogP contribution in [0.25, 0.3) is 0 Å². The van der Waals surface area contributed by atoms with E-state index in [4.69, 9.17) is 4.74 Å². The molecule has 1 aliphatic heterocycles. The van der Waals surface area contributed by atoms with Crippen molar-refractivity contribution in [3.8, 4) is 0 Å². The second-order valence-corrected chi connectivity index (χ2v) is 3.90. The molecule has 1 aliphatic rings. The molecule has 0 aromatic carbocycles. The van der Waals surface area contributed by atoms with Crippen LogP contribution < -0.4 is 5.32 Å². The largest absolute Gasteiger partial charge is 0.380 e. The SMILES string of the molecule is CC1COCC(NC(C)C)C1. The first-order chi connectivity index (χ1) is 5.18. The Hall–Kier alpha value is -0.0800. The molecule has 1 fully saturated rings. The van der Waals surface area contributed by atoms with Crippen LogP contribution in [0, 0.1) is 5.92 Å². The molecule has 0 spiro atoms. The molecule has 2 heteroatoms. The van der Waals surface area contributed by atoms with Gasteiger partial charge in [0, 0.05) is 18.7 Å². The Morgan fingerprint density at radius 3 is 2.64 bits per heavy atom. The zero-order valence-corrected chi connectivity index (χ0v) is 7.76. The van der Waals surface area contributed by atoms with Crippen molar-refractivity contribution in [3.63, 3.8) is 0 Å². The number of hydrogen-bond acceptors (Lipinski definition) is 2. The van der Waals surface area contributed by atoms with Crippen LogP contribution in [0.4, 0.5) is 0 Å². The van der Waals surface area contributed by atoms with E-state index in [1.807, 2.05) is 0 Å². The van der Waals surface area contributed by atoms with Crippen LogP contribution in [0.3, 0.4) is 0 Å². The quantitative estimate of drug-likeness (QED) is 0.654. The minimum Gasteiger partial charge on any atom is -0.380 e. The zero-order chi connectivity index (χ0) is 8.27. The minimum absolute atomic E-state index is 0.578. The lowest BCUT2D eigenvalue weighted by atomic mass is 10.0. The molecular formula is C9H19NO. The molecule has 0 aromatic rings. The predicted octanol–water partition coefficient (Wildman–Crippen LogP) is 1.41. The fourth-order valence-electron chi connectivity index (χ4n) is 1.62. The number of nitrogens with one attached hydrogen (secondary N) is 1. The van der Waals surface area contributed by atoms with Crippen molar-refractivity contribution in [2.24, 2.45) is 5.92 Å². The highest BCUT2D eigenvalue weighted by Crippen LogP contribution is 2.13. The summed E-state index contributed by atoms with van der Waals surface area (Å²) in [7, 11) is 0.